The normalized spacial score (nSPS) is 32.9. The van der Waals surface area contributed by atoms with Crippen molar-refractivity contribution in [1.82, 2.24) is 15.5 Å². The maximum absolute atomic E-state index is 12.1. The number of amides is 2. The van der Waals surface area contributed by atoms with Gasteiger partial charge in [-0.05, 0) is 43.6 Å². The fourth-order valence-corrected chi connectivity index (χ4v) is 4.12. The van der Waals surface area contributed by atoms with Gasteiger partial charge in [-0.3, -0.25) is 9.69 Å². The van der Waals surface area contributed by atoms with Crippen LogP contribution in [0, 0.1) is 17.8 Å². The zero-order chi connectivity index (χ0) is 17.7. The van der Waals surface area contributed by atoms with E-state index >= 15 is 0 Å². The van der Waals surface area contributed by atoms with E-state index in [1.165, 1.54) is 19.3 Å². The van der Waals surface area contributed by atoms with Crippen LogP contribution in [0.5, 0.6) is 0 Å². The summed E-state index contributed by atoms with van der Waals surface area (Å²) in [4.78, 5) is 24.9. The number of carbonyl (C=O) groups is 2. The number of likely N-dealkylation sites (N-methyl/N-ethyl adjacent to an activating group) is 1. The number of urea groups is 1. The predicted octanol–water partition coefficient (Wildman–Crippen LogP) is 2.30. The summed E-state index contributed by atoms with van der Waals surface area (Å²) in [6.07, 6.45) is 5.45. The Morgan fingerprint density at radius 1 is 1.21 bits per heavy atom. The molecule has 2 saturated carbocycles. The third-order valence-corrected chi connectivity index (χ3v) is 6.11. The molecule has 6 nitrogen and oxygen atoms in total. The number of hydrogen-bond acceptors (Lipinski definition) is 3. The van der Waals surface area contributed by atoms with E-state index in [9.17, 15) is 9.59 Å². The minimum absolute atomic E-state index is 0.0786. The molecule has 138 valence electrons. The van der Waals surface area contributed by atoms with Crippen LogP contribution in [0.1, 0.15) is 52.9 Å². The van der Waals surface area contributed by atoms with Crippen LogP contribution in [0.3, 0.4) is 0 Å². The minimum Gasteiger partial charge on any atom is -0.480 e. The van der Waals surface area contributed by atoms with E-state index < -0.39 is 5.97 Å². The molecule has 2 aliphatic rings. The van der Waals surface area contributed by atoms with Gasteiger partial charge in [0.15, 0.2) is 0 Å². The van der Waals surface area contributed by atoms with E-state index in [4.69, 9.17) is 5.11 Å². The van der Waals surface area contributed by atoms with Crippen molar-refractivity contribution in [1.29, 1.82) is 0 Å². The number of carboxylic acid groups (broad SMARTS) is 1. The molecule has 2 amide bonds. The van der Waals surface area contributed by atoms with Gasteiger partial charge in [0.1, 0.15) is 0 Å². The summed E-state index contributed by atoms with van der Waals surface area (Å²) in [5, 5.41) is 15.0. The molecule has 3 N–H and O–H groups in total. The Bertz CT molecular complexity index is 437. The van der Waals surface area contributed by atoms with Gasteiger partial charge in [0, 0.05) is 18.6 Å². The summed E-state index contributed by atoms with van der Waals surface area (Å²) in [7, 11) is 0. The van der Waals surface area contributed by atoms with Gasteiger partial charge in [0.25, 0.3) is 0 Å². The summed E-state index contributed by atoms with van der Waals surface area (Å²) < 4.78 is 0. The molecule has 0 aromatic rings. The Balaban J connectivity index is 1.65. The Labute approximate surface area is 145 Å². The first-order chi connectivity index (χ1) is 11.4. The monoisotopic (exact) mass is 339 g/mol. The Kier molecular flexibility index (Phi) is 6.90. The van der Waals surface area contributed by atoms with Crippen molar-refractivity contribution in [2.24, 2.45) is 17.8 Å². The number of rotatable bonds is 7. The summed E-state index contributed by atoms with van der Waals surface area (Å²) in [6.45, 7) is 8.15. The lowest BCUT2D eigenvalue weighted by atomic mass is 9.74. The highest BCUT2D eigenvalue weighted by Gasteiger charge is 2.35. The van der Waals surface area contributed by atoms with Gasteiger partial charge in [-0.2, -0.15) is 0 Å². The van der Waals surface area contributed by atoms with E-state index in [0.717, 1.165) is 31.8 Å². The average molecular weight is 339 g/mol. The molecule has 3 atom stereocenters. The van der Waals surface area contributed by atoms with Crippen LogP contribution in [0.2, 0.25) is 0 Å². The molecule has 0 spiro atoms. The molecule has 2 aliphatic carbocycles. The largest absolute Gasteiger partial charge is 0.480 e. The molecule has 0 aromatic carbocycles. The lowest BCUT2D eigenvalue weighted by molar-refractivity contribution is -0.139. The Morgan fingerprint density at radius 3 is 2.54 bits per heavy atom. The molecule has 0 bridgehead atoms. The second kappa shape index (κ2) is 8.70. The Hall–Kier alpha value is -1.30. The highest BCUT2D eigenvalue weighted by molar-refractivity contribution is 5.74. The van der Waals surface area contributed by atoms with E-state index in [1.54, 1.807) is 0 Å². The first kappa shape index (κ1) is 19.0. The molecule has 0 aliphatic heterocycles. The van der Waals surface area contributed by atoms with Crippen molar-refractivity contribution in [3.05, 3.63) is 0 Å². The fraction of sp³-hybridized carbons (Fsp3) is 0.889. The third kappa shape index (κ3) is 5.10. The van der Waals surface area contributed by atoms with Gasteiger partial charge in [-0.1, -0.05) is 33.6 Å². The molecular formula is C18H33N3O3. The molecule has 24 heavy (non-hydrogen) atoms. The lowest BCUT2D eigenvalue weighted by Gasteiger charge is -2.42. The van der Waals surface area contributed by atoms with E-state index in [1.807, 2.05) is 11.8 Å². The van der Waals surface area contributed by atoms with E-state index in [2.05, 4.69) is 24.5 Å². The zero-order valence-corrected chi connectivity index (χ0v) is 15.3. The molecule has 0 radical (unpaired) electrons. The number of aliphatic carboxylic acids is 1. The summed E-state index contributed by atoms with van der Waals surface area (Å²) in [5.41, 5.74) is 0. The van der Waals surface area contributed by atoms with Crippen molar-refractivity contribution in [2.75, 3.05) is 19.6 Å². The third-order valence-electron chi connectivity index (χ3n) is 6.11. The van der Waals surface area contributed by atoms with E-state index in [0.29, 0.717) is 11.8 Å². The van der Waals surface area contributed by atoms with Crippen LogP contribution in [-0.4, -0.2) is 53.7 Å². The standard InChI is InChI=1S/C18H33N3O3/c1-4-21(11-17(22)23)16-8-15(9-16)20-18(24)19-10-14-7-5-6-12(2)13(14)3/h12-16H,4-11H2,1-3H3,(H,22,23)(H2,19,20,24). The predicted molar refractivity (Wildman–Crippen MR) is 93.9 cm³/mol. The highest BCUT2D eigenvalue weighted by atomic mass is 16.4. The topological polar surface area (TPSA) is 81.7 Å². The minimum atomic E-state index is -0.790. The molecule has 3 unspecified atom stereocenters. The van der Waals surface area contributed by atoms with Gasteiger partial charge in [-0.25, -0.2) is 4.79 Å². The summed E-state index contributed by atoms with van der Waals surface area (Å²) in [5.74, 6) is 1.21. The number of nitrogens with zero attached hydrogens (tertiary/aromatic N) is 1. The molecular weight excluding hydrogens is 306 g/mol. The number of hydrogen-bond donors (Lipinski definition) is 3. The second-order valence-corrected chi connectivity index (χ2v) is 7.66. The van der Waals surface area contributed by atoms with Crippen molar-refractivity contribution >= 4 is 12.0 Å². The average Bonchev–Trinajstić information content (AvgIpc) is 2.49. The maximum Gasteiger partial charge on any atom is 0.317 e. The molecule has 2 fully saturated rings. The summed E-state index contributed by atoms with van der Waals surface area (Å²) >= 11 is 0. The number of nitrogens with one attached hydrogen (secondary N) is 2. The van der Waals surface area contributed by atoms with Crippen LogP contribution in [0.4, 0.5) is 4.79 Å². The quantitative estimate of drug-likeness (QED) is 0.665. The van der Waals surface area contributed by atoms with Crippen molar-refractivity contribution in [2.45, 2.75) is 65.0 Å². The van der Waals surface area contributed by atoms with Crippen molar-refractivity contribution < 1.29 is 14.7 Å². The van der Waals surface area contributed by atoms with Gasteiger partial charge < -0.3 is 15.7 Å². The molecule has 2 rings (SSSR count). The highest BCUT2D eigenvalue weighted by Crippen LogP contribution is 2.33. The van der Waals surface area contributed by atoms with Crippen molar-refractivity contribution in [3.8, 4) is 0 Å². The fourth-order valence-electron chi connectivity index (χ4n) is 4.12. The van der Waals surface area contributed by atoms with Crippen LogP contribution in [0.25, 0.3) is 0 Å². The maximum atomic E-state index is 12.1. The van der Waals surface area contributed by atoms with Gasteiger partial charge in [-0.15, -0.1) is 0 Å². The van der Waals surface area contributed by atoms with Gasteiger partial charge in [0.2, 0.25) is 0 Å². The first-order valence-corrected chi connectivity index (χ1v) is 9.40. The van der Waals surface area contributed by atoms with E-state index in [-0.39, 0.29) is 24.7 Å². The van der Waals surface area contributed by atoms with Crippen LogP contribution in [0.15, 0.2) is 0 Å². The Morgan fingerprint density at radius 2 is 1.92 bits per heavy atom. The first-order valence-electron chi connectivity index (χ1n) is 9.40. The van der Waals surface area contributed by atoms with Crippen LogP contribution < -0.4 is 10.6 Å². The molecule has 0 aromatic heterocycles. The van der Waals surface area contributed by atoms with Crippen LogP contribution >= 0.6 is 0 Å². The summed E-state index contributed by atoms with van der Waals surface area (Å²) in [6, 6.07) is 0.362. The van der Waals surface area contributed by atoms with Crippen molar-refractivity contribution in [3.63, 3.8) is 0 Å². The number of carbonyl (C=O) groups excluding carboxylic acids is 1. The zero-order valence-electron chi connectivity index (χ0n) is 15.3. The SMILES string of the molecule is CCN(CC(=O)O)C1CC(NC(=O)NCC2CCCC(C)C2C)C1. The molecule has 0 saturated heterocycles. The molecule has 6 heteroatoms. The smallest absolute Gasteiger partial charge is 0.317 e. The van der Waals surface area contributed by atoms with Gasteiger partial charge >= 0.3 is 12.0 Å². The van der Waals surface area contributed by atoms with Crippen LogP contribution in [-0.2, 0) is 4.79 Å². The number of carboxylic acids is 1. The lowest BCUT2D eigenvalue weighted by Crippen LogP contribution is -2.56. The second-order valence-electron chi connectivity index (χ2n) is 7.66. The molecule has 0 heterocycles. The van der Waals surface area contributed by atoms with Gasteiger partial charge in [0.05, 0.1) is 6.54 Å².